The van der Waals surface area contributed by atoms with Crippen molar-refractivity contribution in [1.29, 1.82) is 0 Å². The summed E-state index contributed by atoms with van der Waals surface area (Å²) in [6, 6.07) is 0. The van der Waals surface area contributed by atoms with Crippen LogP contribution in [0.25, 0.3) is 0 Å². The lowest BCUT2D eigenvalue weighted by Gasteiger charge is -2.15. The molecule has 1 saturated carbocycles. The second-order valence-corrected chi connectivity index (χ2v) is 6.95. The van der Waals surface area contributed by atoms with Crippen molar-refractivity contribution in [1.82, 2.24) is 15.5 Å². The summed E-state index contributed by atoms with van der Waals surface area (Å²) in [7, 11) is 3.52. The van der Waals surface area contributed by atoms with Crippen LogP contribution < -0.4 is 10.6 Å². The van der Waals surface area contributed by atoms with Gasteiger partial charge in [0.05, 0.1) is 0 Å². The van der Waals surface area contributed by atoms with E-state index in [4.69, 9.17) is 0 Å². The average molecular weight is 310 g/mol. The van der Waals surface area contributed by atoms with Gasteiger partial charge in [-0.25, -0.2) is 4.99 Å². The molecule has 1 aliphatic rings. The van der Waals surface area contributed by atoms with Gasteiger partial charge in [-0.15, -0.1) is 0 Å². The highest BCUT2D eigenvalue weighted by Crippen LogP contribution is 2.28. The Bertz CT molecular complexity index is 347. The lowest BCUT2D eigenvalue weighted by Crippen LogP contribution is -2.40. The third kappa shape index (κ3) is 8.25. The number of nitrogens with one attached hydrogen (secondary N) is 2. The van der Waals surface area contributed by atoms with Gasteiger partial charge in [0.15, 0.2) is 5.96 Å². The van der Waals surface area contributed by atoms with E-state index >= 15 is 0 Å². The van der Waals surface area contributed by atoms with Crippen molar-refractivity contribution in [3.05, 3.63) is 0 Å². The van der Waals surface area contributed by atoms with Gasteiger partial charge in [0.1, 0.15) is 6.54 Å². The summed E-state index contributed by atoms with van der Waals surface area (Å²) >= 11 is 0. The van der Waals surface area contributed by atoms with Gasteiger partial charge in [-0.2, -0.15) is 0 Å². The normalized spacial score (nSPS) is 16.1. The Balaban J connectivity index is 2.32. The number of hydrogen-bond donors (Lipinski definition) is 2. The van der Waals surface area contributed by atoms with Crippen molar-refractivity contribution in [3.63, 3.8) is 0 Å². The van der Waals surface area contributed by atoms with E-state index in [1.807, 2.05) is 0 Å². The predicted molar refractivity (Wildman–Crippen MR) is 93.0 cm³/mol. The molecule has 0 aromatic rings. The molecule has 128 valence electrons. The molecule has 1 rings (SSSR count). The van der Waals surface area contributed by atoms with Crippen LogP contribution in [0.3, 0.4) is 0 Å². The quantitative estimate of drug-likeness (QED) is 0.411. The number of carbonyl (C=O) groups excluding carboxylic acids is 1. The van der Waals surface area contributed by atoms with Gasteiger partial charge >= 0.3 is 0 Å². The molecule has 5 heteroatoms. The monoisotopic (exact) mass is 310 g/mol. The van der Waals surface area contributed by atoms with Crippen LogP contribution in [-0.2, 0) is 4.79 Å². The third-order valence-corrected chi connectivity index (χ3v) is 4.11. The number of guanidine groups is 1. The fraction of sp³-hybridized carbons (Fsp3) is 0.882. The first-order valence-electron chi connectivity index (χ1n) is 8.71. The highest BCUT2D eigenvalue weighted by atomic mass is 16.2. The van der Waals surface area contributed by atoms with Gasteiger partial charge in [-0.1, -0.05) is 39.5 Å². The Labute approximate surface area is 135 Å². The minimum absolute atomic E-state index is 0.0246. The van der Waals surface area contributed by atoms with Crippen LogP contribution in [-0.4, -0.2) is 50.5 Å². The SMILES string of the molecule is CC(C)CNC(=NCC(=O)N(C)C)NCCCC1CCCC1. The third-order valence-electron chi connectivity index (χ3n) is 4.11. The van der Waals surface area contributed by atoms with Crippen molar-refractivity contribution in [2.45, 2.75) is 52.4 Å². The highest BCUT2D eigenvalue weighted by Gasteiger charge is 2.14. The Morgan fingerprint density at radius 2 is 1.91 bits per heavy atom. The number of amides is 1. The molecule has 0 aromatic carbocycles. The van der Waals surface area contributed by atoms with E-state index in [-0.39, 0.29) is 12.5 Å². The second-order valence-electron chi connectivity index (χ2n) is 6.95. The maximum atomic E-state index is 11.7. The smallest absolute Gasteiger partial charge is 0.243 e. The van der Waals surface area contributed by atoms with Gasteiger partial charge in [0.2, 0.25) is 5.91 Å². The zero-order valence-electron chi connectivity index (χ0n) is 14.8. The van der Waals surface area contributed by atoms with Crippen LogP contribution in [0.15, 0.2) is 4.99 Å². The van der Waals surface area contributed by atoms with Crippen molar-refractivity contribution >= 4 is 11.9 Å². The Hall–Kier alpha value is -1.26. The Morgan fingerprint density at radius 3 is 2.50 bits per heavy atom. The van der Waals surface area contributed by atoms with Gasteiger partial charge in [-0.3, -0.25) is 4.79 Å². The number of hydrogen-bond acceptors (Lipinski definition) is 2. The molecule has 0 radical (unpaired) electrons. The molecule has 0 unspecified atom stereocenters. The fourth-order valence-electron chi connectivity index (χ4n) is 2.66. The zero-order valence-corrected chi connectivity index (χ0v) is 14.8. The van der Waals surface area contributed by atoms with E-state index in [9.17, 15) is 4.79 Å². The summed E-state index contributed by atoms with van der Waals surface area (Å²) in [6.07, 6.45) is 8.12. The van der Waals surface area contributed by atoms with Gasteiger partial charge in [0, 0.05) is 27.2 Å². The standard InChI is InChI=1S/C17H34N4O/c1-14(2)12-19-17(20-13-16(22)21(3)4)18-11-7-10-15-8-5-6-9-15/h14-15H,5-13H2,1-4H3,(H2,18,19,20). The molecule has 2 N–H and O–H groups in total. The Morgan fingerprint density at radius 1 is 1.23 bits per heavy atom. The van der Waals surface area contributed by atoms with Crippen LogP contribution in [0.2, 0.25) is 0 Å². The summed E-state index contributed by atoms with van der Waals surface area (Å²) in [5, 5.41) is 6.67. The molecular formula is C17H34N4O. The predicted octanol–water partition coefficient (Wildman–Crippen LogP) is 2.24. The summed E-state index contributed by atoms with van der Waals surface area (Å²) in [6.45, 7) is 6.32. The van der Waals surface area contributed by atoms with E-state index in [1.165, 1.54) is 38.5 Å². The molecule has 0 aromatic heterocycles. The molecule has 5 nitrogen and oxygen atoms in total. The number of carbonyl (C=O) groups is 1. The highest BCUT2D eigenvalue weighted by molar-refractivity contribution is 5.84. The molecule has 0 aliphatic heterocycles. The van der Waals surface area contributed by atoms with Crippen LogP contribution >= 0.6 is 0 Å². The number of rotatable bonds is 8. The maximum absolute atomic E-state index is 11.7. The van der Waals surface area contributed by atoms with Crippen molar-refractivity contribution in [2.24, 2.45) is 16.8 Å². The van der Waals surface area contributed by atoms with Crippen molar-refractivity contribution in [2.75, 3.05) is 33.7 Å². The van der Waals surface area contributed by atoms with E-state index in [1.54, 1.807) is 19.0 Å². The molecule has 1 fully saturated rings. The minimum Gasteiger partial charge on any atom is -0.356 e. The molecular weight excluding hydrogens is 276 g/mol. The molecule has 0 bridgehead atoms. The molecule has 0 atom stereocenters. The van der Waals surface area contributed by atoms with Crippen LogP contribution in [0.4, 0.5) is 0 Å². The topological polar surface area (TPSA) is 56.7 Å². The second kappa shape index (κ2) is 10.5. The number of aliphatic imine (C=N–C) groups is 1. The minimum atomic E-state index is 0.0246. The zero-order chi connectivity index (χ0) is 16.4. The first kappa shape index (κ1) is 18.8. The number of nitrogens with zero attached hydrogens (tertiary/aromatic N) is 2. The summed E-state index contributed by atoms with van der Waals surface area (Å²) < 4.78 is 0. The fourth-order valence-corrected chi connectivity index (χ4v) is 2.66. The summed E-state index contributed by atoms with van der Waals surface area (Å²) in [4.78, 5) is 17.6. The summed E-state index contributed by atoms with van der Waals surface area (Å²) in [5.74, 6) is 2.27. The van der Waals surface area contributed by atoms with Crippen LogP contribution in [0.1, 0.15) is 52.4 Å². The van der Waals surface area contributed by atoms with Crippen molar-refractivity contribution < 1.29 is 4.79 Å². The van der Waals surface area contributed by atoms with Gasteiger partial charge in [-0.05, 0) is 24.7 Å². The largest absolute Gasteiger partial charge is 0.356 e. The maximum Gasteiger partial charge on any atom is 0.243 e. The average Bonchev–Trinajstić information content (AvgIpc) is 2.97. The first-order chi connectivity index (χ1) is 10.5. The number of likely N-dealkylation sites (N-methyl/N-ethyl adjacent to an activating group) is 1. The van der Waals surface area contributed by atoms with E-state index in [0.717, 1.165) is 25.0 Å². The van der Waals surface area contributed by atoms with Gasteiger partial charge < -0.3 is 15.5 Å². The van der Waals surface area contributed by atoms with Crippen molar-refractivity contribution in [3.8, 4) is 0 Å². The molecule has 0 spiro atoms. The van der Waals surface area contributed by atoms with Crippen LogP contribution in [0.5, 0.6) is 0 Å². The van der Waals surface area contributed by atoms with Gasteiger partial charge in [0.25, 0.3) is 0 Å². The lowest BCUT2D eigenvalue weighted by molar-refractivity contribution is -0.127. The lowest BCUT2D eigenvalue weighted by atomic mass is 10.0. The molecule has 22 heavy (non-hydrogen) atoms. The molecule has 0 heterocycles. The van der Waals surface area contributed by atoms with Crippen LogP contribution in [0, 0.1) is 11.8 Å². The molecule has 1 aliphatic carbocycles. The van der Waals surface area contributed by atoms with E-state index in [0.29, 0.717) is 5.92 Å². The van der Waals surface area contributed by atoms with E-state index in [2.05, 4.69) is 29.5 Å². The van der Waals surface area contributed by atoms with E-state index < -0.39 is 0 Å². The Kier molecular flexibility index (Phi) is 8.94. The molecule has 0 saturated heterocycles. The summed E-state index contributed by atoms with van der Waals surface area (Å²) in [5.41, 5.74) is 0. The molecule has 1 amide bonds. The first-order valence-corrected chi connectivity index (χ1v) is 8.71.